The lowest BCUT2D eigenvalue weighted by Gasteiger charge is -2.33. The zero-order valence-electron chi connectivity index (χ0n) is 11.0. The lowest BCUT2D eigenvalue weighted by atomic mass is 9.93. The molecule has 0 amide bonds. The Morgan fingerprint density at radius 1 is 1.53 bits per heavy atom. The van der Waals surface area contributed by atoms with Crippen molar-refractivity contribution in [1.82, 2.24) is 5.32 Å². The van der Waals surface area contributed by atoms with Gasteiger partial charge in [-0.3, -0.25) is 0 Å². The van der Waals surface area contributed by atoms with Gasteiger partial charge in [-0.15, -0.1) is 0 Å². The number of allylic oxidation sites excluding steroid dienone is 1. The Hall–Kier alpha value is -0.380. The fourth-order valence-electron chi connectivity index (χ4n) is 2.94. The number of hydrogen-bond donors (Lipinski definition) is 2. The number of ether oxygens (including phenoxy) is 1. The van der Waals surface area contributed by atoms with Gasteiger partial charge in [-0.25, -0.2) is 0 Å². The monoisotopic (exact) mass is 238 g/mol. The Morgan fingerprint density at radius 3 is 2.88 bits per heavy atom. The zero-order valence-corrected chi connectivity index (χ0v) is 11.0. The molecule has 17 heavy (non-hydrogen) atoms. The van der Waals surface area contributed by atoms with Crippen LogP contribution in [0.2, 0.25) is 0 Å². The van der Waals surface area contributed by atoms with Crippen molar-refractivity contribution in [2.45, 2.75) is 44.1 Å². The first kappa shape index (κ1) is 13.1. The maximum Gasteiger partial charge on any atom is 0.0659 e. The second-order valence-electron chi connectivity index (χ2n) is 5.50. The van der Waals surface area contributed by atoms with Gasteiger partial charge in [0.05, 0.1) is 12.1 Å². The molecule has 1 unspecified atom stereocenters. The standard InChI is InChI=1S/C14H26N2O/c1-17-11-14(10-15,13-6-7-13)16-9-8-12-4-2-3-5-12/h4,13,16H,2-3,5-11,15H2,1H3. The molecule has 0 aromatic rings. The van der Waals surface area contributed by atoms with Crippen LogP contribution in [0.3, 0.4) is 0 Å². The molecule has 0 bridgehead atoms. The summed E-state index contributed by atoms with van der Waals surface area (Å²) in [7, 11) is 1.77. The molecule has 1 saturated carbocycles. The molecule has 0 aromatic heterocycles. The van der Waals surface area contributed by atoms with E-state index in [1.807, 2.05) is 0 Å². The van der Waals surface area contributed by atoms with Crippen LogP contribution < -0.4 is 11.1 Å². The van der Waals surface area contributed by atoms with Crippen molar-refractivity contribution >= 4 is 0 Å². The molecule has 0 spiro atoms. The average Bonchev–Trinajstić information content (AvgIpc) is 3.07. The summed E-state index contributed by atoms with van der Waals surface area (Å²) in [6.45, 7) is 2.47. The average molecular weight is 238 g/mol. The Balaban J connectivity index is 1.79. The molecular weight excluding hydrogens is 212 g/mol. The topological polar surface area (TPSA) is 47.3 Å². The minimum Gasteiger partial charge on any atom is -0.383 e. The number of hydrogen-bond acceptors (Lipinski definition) is 3. The van der Waals surface area contributed by atoms with E-state index in [1.165, 1.54) is 38.5 Å². The highest BCUT2D eigenvalue weighted by atomic mass is 16.5. The predicted molar refractivity (Wildman–Crippen MR) is 70.9 cm³/mol. The number of rotatable bonds is 8. The van der Waals surface area contributed by atoms with E-state index in [2.05, 4.69) is 11.4 Å². The SMILES string of the molecule is COCC(CN)(NCCC1=CCCC1)C1CC1. The summed E-state index contributed by atoms with van der Waals surface area (Å²) < 4.78 is 5.36. The Bertz CT molecular complexity index is 273. The van der Waals surface area contributed by atoms with E-state index in [-0.39, 0.29) is 5.54 Å². The molecule has 1 fully saturated rings. The third-order valence-corrected chi connectivity index (χ3v) is 4.18. The summed E-state index contributed by atoms with van der Waals surface area (Å²) in [5.74, 6) is 0.727. The van der Waals surface area contributed by atoms with Crippen LogP contribution in [0, 0.1) is 5.92 Å². The van der Waals surface area contributed by atoms with Gasteiger partial charge in [0.1, 0.15) is 0 Å². The van der Waals surface area contributed by atoms with Gasteiger partial charge < -0.3 is 15.8 Å². The van der Waals surface area contributed by atoms with Crippen molar-refractivity contribution in [2.24, 2.45) is 11.7 Å². The van der Waals surface area contributed by atoms with Gasteiger partial charge in [0, 0.05) is 13.7 Å². The molecule has 3 nitrogen and oxygen atoms in total. The molecule has 0 saturated heterocycles. The fraction of sp³-hybridized carbons (Fsp3) is 0.857. The highest BCUT2D eigenvalue weighted by molar-refractivity contribution is 5.09. The molecule has 3 N–H and O–H groups in total. The van der Waals surface area contributed by atoms with Gasteiger partial charge in [-0.1, -0.05) is 11.6 Å². The summed E-state index contributed by atoms with van der Waals surface area (Å²) in [5.41, 5.74) is 7.63. The Kier molecular flexibility index (Phi) is 4.60. The van der Waals surface area contributed by atoms with Crippen LogP contribution in [-0.2, 0) is 4.74 Å². The largest absolute Gasteiger partial charge is 0.383 e. The maximum absolute atomic E-state index is 5.97. The van der Waals surface area contributed by atoms with Crippen LogP contribution in [-0.4, -0.2) is 32.3 Å². The Morgan fingerprint density at radius 2 is 2.35 bits per heavy atom. The van der Waals surface area contributed by atoms with Crippen LogP contribution in [0.15, 0.2) is 11.6 Å². The van der Waals surface area contributed by atoms with Crippen LogP contribution in [0.1, 0.15) is 38.5 Å². The summed E-state index contributed by atoms with van der Waals surface area (Å²) in [6, 6.07) is 0. The molecule has 2 aliphatic carbocycles. The van der Waals surface area contributed by atoms with Gasteiger partial charge in [-0.05, 0) is 51.0 Å². The highest BCUT2D eigenvalue weighted by Crippen LogP contribution is 2.39. The van der Waals surface area contributed by atoms with Crippen molar-refractivity contribution in [2.75, 3.05) is 26.8 Å². The maximum atomic E-state index is 5.97. The number of nitrogens with two attached hydrogens (primary N) is 1. The zero-order chi connectivity index (χ0) is 12.1. The van der Waals surface area contributed by atoms with Crippen molar-refractivity contribution in [3.8, 4) is 0 Å². The van der Waals surface area contributed by atoms with E-state index >= 15 is 0 Å². The van der Waals surface area contributed by atoms with Gasteiger partial charge in [0.15, 0.2) is 0 Å². The van der Waals surface area contributed by atoms with Crippen LogP contribution in [0.25, 0.3) is 0 Å². The summed E-state index contributed by atoms with van der Waals surface area (Å²) in [5, 5.41) is 3.68. The quantitative estimate of drug-likeness (QED) is 0.634. The second-order valence-corrected chi connectivity index (χ2v) is 5.50. The number of methoxy groups -OCH3 is 1. The molecular formula is C14H26N2O. The van der Waals surface area contributed by atoms with E-state index in [4.69, 9.17) is 10.5 Å². The third kappa shape index (κ3) is 3.30. The minimum absolute atomic E-state index is 0.0356. The smallest absolute Gasteiger partial charge is 0.0659 e. The molecule has 2 aliphatic rings. The third-order valence-electron chi connectivity index (χ3n) is 4.18. The van der Waals surface area contributed by atoms with E-state index in [0.29, 0.717) is 6.54 Å². The summed E-state index contributed by atoms with van der Waals surface area (Å²) in [6.07, 6.45) is 10.1. The van der Waals surface area contributed by atoms with E-state index in [0.717, 1.165) is 19.1 Å². The molecule has 2 rings (SSSR count). The van der Waals surface area contributed by atoms with Crippen LogP contribution in [0.5, 0.6) is 0 Å². The van der Waals surface area contributed by atoms with E-state index in [1.54, 1.807) is 12.7 Å². The summed E-state index contributed by atoms with van der Waals surface area (Å²) in [4.78, 5) is 0. The lowest BCUT2D eigenvalue weighted by Crippen LogP contribution is -2.56. The fourth-order valence-corrected chi connectivity index (χ4v) is 2.94. The first-order chi connectivity index (χ1) is 8.30. The van der Waals surface area contributed by atoms with Crippen molar-refractivity contribution in [1.29, 1.82) is 0 Å². The molecule has 3 heteroatoms. The molecule has 0 aromatic carbocycles. The van der Waals surface area contributed by atoms with E-state index in [9.17, 15) is 0 Å². The first-order valence-electron chi connectivity index (χ1n) is 6.93. The van der Waals surface area contributed by atoms with Crippen molar-refractivity contribution in [3.05, 3.63) is 11.6 Å². The highest BCUT2D eigenvalue weighted by Gasteiger charge is 2.43. The molecule has 98 valence electrons. The van der Waals surface area contributed by atoms with Gasteiger partial charge in [0.2, 0.25) is 0 Å². The number of nitrogens with one attached hydrogen (secondary N) is 1. The van der Waals surface area contributed by atoms with Crippen molar-refractivity contribution < 1.29 is 4.74 Å². The minimum atomic E-state index is 0.0356. The normalized spacial score (nSPS) is 23.5. The summed E-state index contributed by atoms with van der Waals surface area (Å²) >= 11 is 0. The van der Waals surface area contributed by atoms with Crippen LogP contribution >= 0.6 is 0 Å². The first-order valence-corrected chi connectivity index (χ1v) is 6.93. The van der Waals surface area contributed by atoms with Crippen molar-refractivity contribution in [3.63, 3.8) is 0 Å². The van der Waals surface area contributed by atoms with E-state index < -0.39 is 0 Å². The second kappa shape index (κ2) is 5.98. The van der Waals surface area contributed by atoms with Gasteiger partial charge >= 0.3 is 0 Å². The lowest BCUT2D eigenvalue weighted by molar-refractivity contribution is 0.0991. The molecule has 0 aliphatic heterocycles. The molecule has 0 radical (unpaired) electrons. The molecule has 0 heterocycles. The van der Waals surface area contributed by atoms with Gasteiger partial charge in [-0.2, -0.15) is 0 Å². The van der Waals surface area contributed by atoms with Crippen LogP contribution in [0.4, 0.5) is 0 Å². The predicted octanol–water partition coefficient (Wildman–Crippen LogP) is 1.83. The molecule has 1 atom stereocenters. The van der Waals surface area contributed by atoms with Gasteiger partial charge in [0.25, 0.3) is 0 Å². The Labute approximate surface area is 105 Å².